The van der Waals surface area contributed by atoms with Crippen molar-refractivity contribution in [1.82, 2.24) is 10.2 Å². The van der Waals surface area contributed by atoms with Gasteiger partial charge in [-0.3, -0.25) is 0 Å². The Kier molecular flexibility index (Phi) is 5.65. The van der Waals surface area contributed by atoms with Crippen LogP contribution in [0.4, 0.5) is 0 Å². The second-order valence-electron chi connectivity index (χ2n) is 5.06. The average Bonchev–Trinajstić information content (AvgIpc) is 2.89. The van der Waals surface area contributed by atoms with E-state index in [0.29, 0.717) is 6.10 Å². The molecule has 1 atom stereocenters. The van der Waals surface area contributed by atoms with E-state index in [1.54, 1.807) is 0 Å². The molecule has 1 aliphatic rings. The second-order valence-corrected chi connectivity index (χ2v) is 5.06. The van der Waals surface area contributed by atoms with Gasteiger partial charge in [-0.25, -0.2) is 0 Å². The van der Waals surface area contributed by atoms with Crippen LogP contribution in [0.5, 0.6) is 0 Å². The van der Waals surface area contributed by atoms with Crippen LogP contribution in [0.25, 0.3) is 0 Å². The van der Waals surface area contributed by atoms with Crippen LogP contribution in [0.3, 0.4) is 0 Å². The maximum Gasteiger partial charge on any atom is 0.0702 e. The van der Waals surface area contributed by atoms with Gasteiger partial charge in [-0.2, -0.15) is 0 Å². The fourth-order valence-corrected chi connectivity index (χ4v) is 2.33. The summed E-state index contributed by atoms with van der Waals surface area (Å²) in [6.07, 6.45) is 2.91. The van der Waals surface area contributed by atoms with E-state index < -0.39 is 0 Å². The lowest BCUT2D eigenvalue weighted by atomic mass is 10.2. The van der Waals surface area contributed by atoms with Crippen LogP contribution in [0, 0.1) is 0 Å². The molecule has 3 nitrogen and oxygen atoms in total. The number of benzene rings is 1. The van der Waals surface area contributed by atoms with Crippen LogP contribution in [0.2, 0.25) is 0 Å². The number of likely N-dealkylation sites (N-methyl/N-ethyl adjacent to an activating group) is 1. The van der Waals surface area contributed by atoms with E-state index in [0.717, 1.165) is 32.8 Å². The summed E-state index contributed by atoms with van der Waals surface area (Å²) >= 11 is 0. The Morgan fingerprint density at radius 3 is 2.89 bits per heavy atom. The molecule has 1 unspecified atom stereocenters. The molecule has 0 spiro atoms. The number of nitrogens with zero attached hydrogens (tertiary/aromatic N) is 1. The molecule has 1 aliphatic heterocycles. The monoisotopic (exact) mass is 248 g/mol. The molecule has 1 N–H and O–H groups in total. The molecular formula is C15H24N2O. The number of hydrogen-bond donors (Lipinski definition) is 1. The SMILES string of the molecule is CN(CCNCc1ccccc1)CC1CCCO1. The normalized spacial score (nSPS) is 19.6. The van der Waals surface area contributed by atoms with Gasteiger partial charge in [0.05, 0.1) is 6.10 Å². The molecular weight excluding hydrogens is 224 g/mol. The highest BCUT2D eigenvalue weighted by Crippen LogP contribution is 2.12. The van der Waals surface area contributed by atoms with Crippen molar-refractivity contribution in [1.29, 1.82) is 0 Å². The Hall–Kier alpha value is -0.900. The van der Waals surface area contributed by atoms with Crippen LogP contribution in [-0.4, -0.2) is 44.3 Å². The maximum absolute atomic E-state index is 5.64. The predicted molar refractivity (Wildman–Crippen MR) is 74.6 cm³/mol. The van der Waals surface area contributed by atoms with Gasteiger partial charge < -0.3 is 15.0 Å². The molecule has 1 heterocycles. The third-order valence-corrected chi connectivity index (χ3v) is 3.38. The molecule has 100 valence electrons. The quantitative estimate of drug-likeness (QED) is 0.746. The number of ether oxygens (including phenoxy) is 1. The Labute approximate surface area is 110 Å². The first kappa shape index (κ1) is 13.5. The van der Waals surface area contributed by atoms with E-state index in [9.17, 15) is 0 Å². The Bertz CT molecular complexity index is 323. The summed E-state index contributed by atoms with van der Waals surface area (Å²) in [7, 11) is 2.17. The zero-order valence-corrected chi connectivity index (χ0v) is 11.3. The fraction of sp³-hybridized carbons (Fsp3) is 0.600. The molecule has 0 saturated carbocycles. The van der Waals surface area contributed by atoms with Crippen molar-refractivity contribution >= 4 is 0 Å². The Morgan fingerprint density at radius 1 is 1.33 bits per heavy atom. The van der Waals surface area contributed by atoms with E-state index in [2.05, 4.69) is 47.6 Å². The molecule has 0 amide bonds. The molecule has 0 aromatic heterocycles. The zero-order valence-electron chi connectivity index (χ0n) is 11.3. The molecule has 0 aliphatic carbocycles. The van der Waals surface area contributed by atoms with Gasteiger partial charge in [0.25, 0.3) is 0 Å². The first-order valence-corrected chi connectivity index (χ1v) is 6.89. The minimum Gasteiger partial charge on any atom is -0.377 e. The molecule has 1 saturated heterocycles. The number of nitrogens with one attached hydrogen (secondary N) is 1. The average molecular weight is 248 g/mol. The summed E-state index contributed by atoms with van der Waals surface area (Å²) in [4.78, 5) is 2.36. The lowest BCUT2D eigenvalue weighted by Crippen LogP contribution is -2.34. The third-order valence-electron chi connectivity index (χ3n) is 3.38. The summed E-state index contributed by atoms with van der Waals surface area (Å²) in [5, 5.41) is 3.48. The summed E-state index contributed by atoms with van der Waals surface area (Å²) in [5.74, 6) is 0. The molecule has 1 aromatic carbocycles. The summed E-state index contributed by atoms with van der Waals surface area (Å²) in [5.41, 5.74) is 1.35. The van der Waals surface area contributed by atoms with E-state index in [4.69, 9.17) is 4.74 Å². The van der Waals surface area contributed by atoms with Crippen molar-refractivity contribution in [3.63, 3.8) is 0 Å². The van der Waals surface area contributed by atoms with Crippen molar-refractivity contribution in [2.75, 3.05) is 33.3 Å². The van der Waals surface area contributed by atoms with E-state index >= 15 is 0 Å². The smallest absolute Gasteiger partial charge is 0.0702 e. The molecule has 3 heteroatoms. The lowest BCUT2D eigenvalue weighted by Gasteiger charge is -2.20. The molecule has 18 heavy (non-hydrogen) atoms. The van der Waals surface area contributed by atoms with Crippen molar-refractivity contribution in [2.45, 2.75) is 25.5 Å². The van der Waals surface area contributed by atoms with E-state index in [1.165, 1.54) is 18.4 Å². The highest BCUT2D eigenvalue weighted by molar-refractivity contribution is 5.14. The topological polar surface area (TPSA) is 24.5 Å². The highest BCUT2D eigenvalue weighted by atomic mass is 16.5. The van der Waals surface area contributed by atoms with E-state index in [-0.39, 0.29) is 0 Å². The van der Waals surface area contributed by atoms with Crippen LogP contribution in [0.1, 0.15) is 18.4 Å². The van der Waals surface area contributed by atoms with Gasteiger partial charge in [-0.15, -0.1) is 0 Å². The second kappa shape index (κ2) is 7.52. The first-order chi connectivity index (χ1) is 8.84. The van der Waals surface area contributed by atoms with Crippen LogP contribution < -0.4 is 5.32 Å². The molecule has 0 radical (unpaired) electrons. The Balaban J connectivity index is 1.54. The van der Waals surface area contributed by atoms with E-state index in [1.807, 2.05) is 0 Å². The minimum atomic E-state index is 0.462. The minimum absolute atomic E-state index is 0.462. The van der Waals surface area contributed by atoms with Gasteiger partial charge in [0.15, 0.2) is 0 Å². The van der Waals surface area contributed by atoms with Crippen molar-refractivity contribution in [2.24, 2.45) is 0 Å². The Morgan fingerprint density at radius 2 is 2.17 bits per heavy atom. The fourth-order valence-electron chi connectivity index (χ4n) is 2.33. The standard InChI is InChI=1S/C15H24N2O/c1-17(13-15-8-5-11-18-15)10-9-16-12-14-6-3-2-4-7-14/h2-4,6-7,15-16H,5,8-13H2,1H3. The molecule has 1 fully saturated rings. The van der Waals surface area contributed by atoms with Crippen molar-refractivity contribution in [3.8, 4) is 0 Å². The van der Waals surface area contributed by atoms with Gasteiger partial charge in [0.2, 0.25) is 0 Å². The van der Waals surface area contributed by atoms with Crippen LogP contribution >= 0.6 is 0 Å². The van der Waals surface area contributed by atoms with Crippen molar-refractivity contribution in [3.05, 3.63) is 35.9 Å². The van der Waals surface area contributed by atoms with Gasteiger partial charge in [0.1, 0.15) is 0 Å². The summed E-state index contributed by atoms with van der Waals surface area (Å²) in [6, 6.07) is 10.5. The summed E-state index contributed by atoms with van der Waals surface area (Å²) < 4.78 is 5.64. The van der Waals surface area contributed by atoms with Crippen LogP contribution in [0.15, 0.2) is 30.3 Å². The first-order valence-electron chi connectivity index (χ1n) is 6.89. The van der Waals surface area contributed by atoms with Crippen LogP contribution in [-0.2, 0) is 11.3 Å². The van der Waals surface area contributed by atoms with Gasteiger partial charge in [0, 0.05) is 32.8 Å². The zero-order chi connectivity index (χ0) is 12.6. The molecule has 0 bridgehead atoms. The van der Waals surface area contributed by atoms with Gasteiger partial charge in [-0.05, 0) is 25.5 Å². The highest BCUT2D eigenvalue weighted by Gasteiger charge is 2.16. The van der Waals surface area contributed by atoms with Crippen molar-refractivity contribution < 1.29 is 4.74 Å². The molecule has 2 rings (SSSR count). The lowest BCUT2D eigenvalue weighted by molar-refractivity contribution is 0.0815. The summed E-state index contributed by atoms with van der Waals surface area (Å²) in [6.45, 7) is 5.07. The predicted octanol–water partition coefficient (Wildman–Crippen LogP) is 1.89. The number of rotatable bonds is 7. The third kappa shape index (κ3) is 4.77. The maximum atomic E-state index is 5.64. The largest absolute Gasteiger partial charge is 0.377 e. The number of hydrogen-bond acceptors (Lipinski definition) is 3. The molecule has 1 aromatic rings. The van der Waals surface area contributed by atoms with Gasteiger partial charge in [-0.1, -0.05) is 30.3 Å². The van der Waals surface area contributed by atoms with Gasteiger partial charge >= 0.3 is 0 Å².